The lowest BCUT2D eigenvalue weighted by Crippen LogP contribution is -2.17. The van der Waals surface area contributed by atoms with E-state index in [0.717, 1.165) is 0 Å². The summed E-state index contributed by atoms with van der Waals surface area (Å²) >= 11 is 0. The van der Waals surface area contributed by atoms with E-state index in [2.05, 4.69) is 4.74 Å². The van der Waals surface area contributed by atoms with Gasteiger partial charge in [0.15, 0.2) is 0 Å². The van der Waals surface area contributed by atoms with Crippen LogP contribution in [0.25, 0.3) is 0 Å². The van der Waals surface area contributed by atoms with Crippen LogP contribution in [0.5, 0.6) is 5.75 Å². The number of aliphatic carboxylic acids is 1. The van der Waals surface area contributed by atoms with E-state index in [0.29, 0.717) is 11.1 Å². The maximum Gasteiger partial charge on any atom is 0.573 e. The van der Waals surface area contributed by atoms with Crippen molar-refractivity contribution in [3.05, 3.63) is 29.3 Å². The molecule has 0 spiro atoms. The Morgan fingerprint density at radius 3 is 2.53 bits per heavy atom. The lowest BCUT2D eigenvalue weighted by atomic mass is 10.1. The second-order valence-electron chi connectivity index (χ2n) is 3.54. The number of benzene rings is 1. The molecule has 0 aromatic heterocycles. The summed E-state index contributed by atoms with van der Waals surface area (Å²) in [5.74, 6) is -1.21. The first-order chi connectivity index (χ1) is 7.78. The third-order valence-corrected chi connectivity index (χ3v) is 2.09. The fraction of sp³-hybridized carbons (Fsp3) is 0.364. The molecule has 0 unspecified atom stereocenters. The van der Waals surface area contributed by atoms with Gasteiger partial charge in [0, 0.05) is 6.42 Å². The van der Waals surface area contributed by atoms with Crippen molar-refractivity contribution in [2.45, 2.75) is 26.1 Å². The molecule has 1 rings (SSSR count). The summed E-state index contributed by atoms with van der Waals surface area (Å²) in [7, 11) is 0. The molecule has 0 aliphatic heterocycles. The van der Waals surface area contributed by atoms with Crippen molar-refractivity contribution >= 4 is 5.97 Å². The molecule has 1 aromatic carbocycles. The Kier molecular flexibility index (Phi) is 3.98. The Balaban J connectivity index is 2.76. The zero-order valence-corrected chi connectivity index (χ0v) is 9.04. The number of hydrogen-bond donors (Lipinski definition) is 1. The van der Waals surface area contributed by atoms with Crippen molar-refractivity contribution in [3.63, 3.8) is 0 Å². The summed E-state index contributed by atoms with van der Waals surface area (Å²) < 4.78 is 39.7. The quantitative estimate of drug-likeness (QED) is 0.891. The zero-order valence-electron chi connectivity index (χ0n) is 9.04. The predicted molar refractivity (Wildman–Crippen MR) is 53.8 cm³/mol. The molecule has 1 N–H and O–H groups in total. The van der Waals surface area contributed by atoms with Crippen LogP contribution < -0.4 is 4.74 Å². The van der Waals surface area contributed by atoms with Gasteiger partial charge < -0.3 is 9.84 Å². The molecule has 0 aliphatic carbocycles. The number of ether oxygens (including phenoxy) is 1. The van der Waals surface area contributed by atoms with E-state index in [-0.39, 0.29) is 18.6 Å². The molecule has 6 heteroatoms. The van der Waals surface area contributed by atoms with E-state index < -0.39 is 12.3 Å². The van der Waals surface area contributed by atoms with Crippen LogP contribution in [0.4, 0.5) is 13.2 Å². The third kappa shape index (κ3) is 4.76. The van der Waals surface area contributed by atoms with Crippen LogP contribution in [-0.4, -0.2) is 17.4 Å². The van der Waals surface area contributed by atoms with Gasteiger partial charge in [-0.1, -0.05) is 12.1 Å². The minimum absolute atomic E-state index is 0.0566. The second kappa shape index (κ2) is 5.07. The van der Waals surface area contributed by atoms with Gasteiger partial charge in [0.2, 0.25) is 0 Å². The van der Waals surface area contributed by atoms with Gasteiger partial charge in [0.1, 0.15) is 5.75 Å². The molecule has 0 fully saturated rings. The highest BCUT2D eigenvalue weighted by Gasteiger charge is 2.31. The van der Waals surface area contributed by atoms with Crippen LogP contribution in [0.3, 0.4) is 0 Å². The third-order valence-electron chi connectivity index (χ3n) is 2.09. The molecule has 0 heterocycles. The van der Waals surface area contributed by atoms with Gasteiger partial charge >= 0.3 is 12.3 Å². The SMILES string of the molecule is Cc1cc(CCC(=O)O)ccc1OC(F)(F)F. The summed E-state index contributed by atoms with van der Waals surface area (Å²) in [6, 6.07) is 4.11. The second-order valence-corrected chi connectivity index (χ2v) is 3.54. The van der Waals surface area contributed by atoms with Crippen LogP contribution >= 0.6 is 0 Å². The Morgan fingerprint density at radius 2 is 2.06 bits per heavy atom. The molecule has 1 aromatic rings. The normalized spacial score (nSPS) is 11.3. The molecule has 0 saturated carbocycles. The first-order valence-corrected chi connectivity index (χ1v) is 4.85. The van der Waals surface area contributed by atoms with Crippen molar-refractivity contribution in [2.24, 2.45) is 0 Å². The van der Waals surface area contributed by atoms with Crippen molar-refractivity contribution < 1.29 is 27.8 Å². The standard InChI is InChI=1S/C11H11F3O3/c1-7-6-8(3-5-10(15)16)2-4-9(7)17-11(12,13)14/h2,4,6H,3,5H2,1H3,(H,15,16). The lowest BCUT2D eigenvalue weighted by molar-refractivity contribution is -0.274. The summed E-state index contributed by atoms with van der Waals surface area (Å²) in [6.45, 7) is 1.48. The van der Waals surface area contributed by atoms with Crippen molar-refractivity contribution in [3.8, 4) is 5.75 Å². The molecule has 17 heavy (non-hydrogen) atoms. The summed E-state index contributed by atoms with van der Waals surface area (Å²) in [4.78, 5) is 10.3. The average molecular weight is 248 g/mol. The minimum Gasteiger partial charge on any atom is -0.481 e. The summed E-state index contributed by atoms with van der Waals surface area (Å²) in [5, 5.41) is 8.48. The fourth-order valence-corrected chi connectivity index (χ4v) is 1.36. The van der Waals surface area contributed by atoms with Crippen LogP contribution in [-0.2, 0) is 11.2 Å². The highest BCUT2D eigenvalue weighted by molar-refractivity contribution is 5.67. The van der Waals surface area contributed by atoms with E-state index in [1.807, 2.05) is 0 Å². The van der Waals surface area contributed by atoms with Gasteiger partial charge in [-0.25, -0.2) is 0 Å². The smallest absolute Gasteiger partial charge is 0.481 e. The minimum atomic E-state index is -4.71. The Labute approximate surface area is 95.8 Å². The predicted octanol–water partition coefficient (Wildman–Crippen LogP) is 2.91. The Morgan fingerprint density at radius 1 is 1.41 bits per heavy atom. The molecule has 0 aliphatic rings. The van der Waals surface area contributed by atoms with Gasteiger partial charge in [0.25, 0.3) is 0 Å². The zero-order chi connectivity index (χ0) is 13.1. The maximum absolute atomic E-state index is 12.0. The van der Waals surface area contributed by atoms with E-state index in [1.165, 1.54) is 25.1 Å². The number of halogens is 3. The number of rotatable bonds is 4. The van der Waals surface area contributed by atoms with E-state index >= 15 is 0 Å². The van der Waals surface area contributed by atoms with Crippen LogP contribution in [0.15, 0.2) is 18.2 Å². The number of carbonyl (C=O) groups is 1. The molecular weight excluding hydrogens is 237 g/mol. The van der Waals surface area contributed by atoms with Gasteiger partial charge in [-0.15, -0.1) is 13.2 Å². The molecule has 0 amide bonds. The van der Waals surface area contributed by atoms with E-state index in [4.69, 9.17) is 5.11 Å². The number of hydrogen-bond acceptors (Lipinski definition) is 2. The first kappa shape index (κ1) is 13.3. The Hall–Kier alpha value is -1.72. The molecule has 94 valence electrons. The lowest BCUT2D eigenvalue weighted by Gasteiger charge is -2.12. The van der Waals surface area contributed by atoms with Gasteiger partial charge in [-0.05, 0) is 30.5 Å². The average Bonchev–Trinajstić information content (AvgIpc) is 2.17. The highest BCUT2D eigenvalue weighted by atomic mass is 19.4. The van der Waals surface area contributed by atoms with Gasteiger partial charge in [-0.2, -0.15) is 0 Å². The van der Waals surface area contributed by atoms with E-state index in [1.54, 1.807) is 0 Å². The van der Waals surface area contributed by atoms with Crippen LogP contribution in [0, 0.1) is 6.92 Å². The summed E-state index contributed by atoms with van der Waals surface area (Å²) in [6.07, 6.45) is -4.49. The molecular formula is C11H11F3O3. The van der Waals surface area contributed by atoms with Crippen molar-refractivity contribution in [1.29, 1.82) is 0 Å². The number of carboxylic acid groups (broad SMARTS) is 1. The molecule has 3 nitrogen and oxygen atoms in total. The Bertz CT molecular complexity index is 413. The first-order valence-electron chi connectivity index (χ1n) is 4.85. The number of carboxylic acids is 1. The van der Waals surface area contributed by atoms with Gasteiger partial charge in [0.05, 0.1) is 0 Å². The maximum atomic E-state index is 12.0. The van der Waals surface area contributed by atoms with Gasteiger partial charge in [-0.3, -0.25) is 4.79 Å². The van der Waals surface area contributed by atoms with Crippen LogP contribution in [0.1, 0.15) is 17.5 Å². The summed E-state index contributed by atoms with van der Waals surface area (Å²) in [5.41, 5.74) is 0.990. The highest BCUT2D eigenvalue weighted by Crippen LogP contribution is 2.26. The van der Waals surface area contributed by atoms with Crippen LogP contribution in [0.2, 0.25) is 0 Å². The topological polar surface area (TPSA) is 46.5 Å². The fourth-order valence-electron chi connectivity index (χ4n) is 1.36. The number of alkyl halides is 3. The monoisotopic (exact) mass is 248 g/mol. The number of aryl methyl sites for hydroxylation is 2. The van der Waals surface area contributed by atoms with E-state index in [9.17, 15) is 18.0 Å². The molecule has 0 atom stereocenters. The largest absolute Gasteiger partial charge is 0.573 e. The van der Waals surface area contributed by atoms with Crippen molar-refractivity contribution in [1.82, 2.24) is 0 Å². The molecule has 0 radical (unpaired) electrons. The molecule has 0 saturated heterocycles. The van der Waals surface area contributed by atoms with Crippen molar-refractivity contribution in [2.75, 3.05) is 0 Å². The molecule has 0 bridgehead atoms.